The smallest absolute Gasteiger partial charge is 0.166 e. The molecule has 0 unspecified atom stereocenters. The average molecular weight is 369 g/mol. The van der Waals surface area contributed by atoms with Crippen LogP contribution in [-0.2, 0) is 0 Å². The van der Waals surface area contributed by atoms with E-state index in [0.717, 1.165) is 10.5 Å². The molecule has 130 valence electrons. The van der Waals surface area contributed by atoms with Crippen LogP contribution in [0.1, 0.15) is 54.7 Å². The zero-order valence-corrected chi connectivity index (χ0v) is 16.2. The molecule has 0 heterocycles. The SMILES string of the molecule is Cc1ccc(SC(=S)N=C(N)c2ccc(C3CCCCC3)cc2)cc1. The first-order valence-corrected chi connectivity index (χ1v) is 10.1. The van der Waals surface area contributed by atoms with E-state index in [1.807, 2.05) is 0 Å². The molecule has 0 bridgehead atoms. The summed E-state index contributed by atoms with van der Waals surface area (Å²) in [6.07, 6.45) is 6.69. The Morgan fingerprint density at radius 2 is 1.64 bits per heavy atom. The quantitative estimate of drug-likeness (QED) is 0.321. The van der Waals surface area contributed by atoms with Crippen LogP contribution < -0.4 is 5.73 Å². The van der Waals surface area contributed by atoms with Gasteiger partial charge in [-0.2, -0.15) is 0 Å². The molecule has 0 aromatic heterocycles. The number of benzene rings is 2. The molecule has 0 aliphatic heterocycles. The zero-order valence-electron chi connectivity index (χ0n) is 14.6. The summed E-state index contributed by atoms with van der Waals surface area (Å²) in [5, 5.41) is 0. The Morgan fingerprint density at radius 3 is 2.28 bits per heavy atom. The van der Waals surface area contributed by atoms with E-state index in [4.69, 9.17) is 18.0 Å². The summed E-state index contributed by atoms with van der Waals surface area (Å²) in [5.74, 6) is 1.19. The fourth-order valence-corrected chi connectivity index (χ4v) is 4.26. The third-order valence-electron chi connectivity index (χ3n) is 4.72. The van der Waals surface area contributed by atoms with Crippen molar-refractivity contribution in [1.82, 2.24) is 0 Å². The molecule has 0 saturated heterocycles. The zero-order chi connectivity index (χ0) is 17.6. The van der Waals surface area contributed by atoms with Crippen molar-refractivity contribution in [3.8, 4) is 0 Å². The predicted octanol–water partition coefficient (Wildman–Crippen LogP) is 5.83. The molecule has 25 heavy (non-hydrogen) atoms. The van der Waals surface area contributed by atoms with E-state index in [2.05, 4.69) is 60.4 Å². The van der Waals surface area contributed by atoms with Crippen LogP contribution in [0.15, 0.2) is 58.4 Å². The van der Waals surface area contributed by atoms with Crippen LogP contribution in [0.5, 0.6) is 0 Å². The molecule has 1 aliphatic rings. The summed E-state index contributed by atoms with van der Waals surface area (Å²) in [7, 11) is 0. The number of nitrogens with zero attached hydrogens (tertiary/aromatic N) is 1. The molecule has 1 aliphatic carbocycles. The number of hydrogen-bond acceptors (Lipinski definition) is 2. The van der Waals surface area contributed by atoms with Gasteiger partial charge in [0.2, 0.25) is 0 Å². The highest BCUT2D eigenvalue weighted by molar-refractivity contribution is 8.23. The van der Waals surface area contributed by atoms with Crippen molar-refractivity contribution in [2.24, 2.45) is 10.7 Å². The van der Waals surface area contributed by atoms with Crippen molar-refractivity contribution >= 4 is 34.1 Å². The van der Waals surface area contributed by atoms with E-state index < -0.39 is 0 Å². The van der Waals surface area contributed by atoms with Gasteiger partial charge in [-0.3, -0.25) is 0 Å². The Balaban J connectivity index is 1.64. The highest BCUT2D eigenvalue weighted by Gasteiger charge is 2.15. The number of aliphatic imine (C=N–C) groups is 1. The van der Waals surface area contributed by atoms with Crippen molar-refractivity contribution < 1.29 is 0 Å². The minimum atomic E-state index is 0.486. The largest absolute Gasteiger partial charge is 0.383 e. The molecule has 3 rings (SSSR count). The Morgan fingerprint density at radius 1 is 1.00 bits per heavy atom. The van der Waals surface area contributed by atoms with Gasteiger partial charge in [-0.1, -0.05) is 85.2 Å². The average Bonchev–Trinajstić information content (AvgIpc) is 2.64. The van der Waals surface area contributed by atoms with Gasteiger partial charge in [-0.15, -0.1) is 0 Å². The van der Waals surface area contributed by atoms with E-state index in [9.17, 15) is 0 Å². The van der Waals surface area contributed by atoms with Gasteiger partial charge in [0.05, 0.1) is 0 Å². The van der Waals surface area contributed by atoms with E-state index in [0.29, 0.717) is 16.1 Å². The summed E-state index contributed by atoms with van der Waals surface area (Å²) in [5.41, 5.74) is 9.74. The van der Waals surface area contributed by atoms with Crippen LogP contribution in [0.25, 0.3) is 0 Å². The Labute approximate surface area is 159 Å². The number of rotatable bonds is 3. The second-order valence-corrected chi connectivity index (χ2v) is 8.34. The van der Waals surface area contributed by atoms with E-state index >= 15 is 0 Å². The highest BCUT2D eigenvalue weighted by atomic mass is 32.2. The number of nitrogens with two attached hydrogens (primary N) is 1. The van der Waals surface area contributed by atoms with E-state index in [1.54, 1.807) is 0 Å². The van der Waals surface area contributed by atoms with Crippen LogP contribution in [-0.4, -0.2) is 10.2 Å². The van der Waals surface area contributed by atoms with Gasteiger partial charge >= 0.3 is 0 Å². The van der Waals surface area contributed by atoms with Crippen molar-refractivity contribution in [3.63, 3.8) is 0 Å². The molecule has 1 saturated carbocycles. The Kier molecular flexibility index (Phi) is 6.27. The molecule has 0 atom stereocenters. The second kappa shape index (κ2) is 8.63. The lowest BCUT2D eigenvalue weighted by Crippen LogP contribution is -2.15. The molecule has 0 spiro atoms. The summed E-state index contributed by atoms with van der Waals surface area (Å²) in [6.45, 7) is 2.07. The highest BCUT2D eigenvalue weighted by Crippen LogP contribution is 2.32. The van der Waals surface area contributed by atoms with Crippen molar-refractivity contribution in [2.75, 3.05) is 0 Å². The summed E-state index contributed by atoms with van der Waals surface area (Å²) in [4.78, 5) is 5.48. The van der Waals surface area contributed by atoms with E-state index in [-0.39, 0.29) is 0 Å². The maximum absolute atomic E-state index is 6.15. The van der Waals surface area contributed by atoms with Gasteiger partial charge in [-0.25, -0.2) is 4.99 Å². The topological polar surface area (TPSA) is 38.4 Å². The standard InChI is InChI=1S/C21H24N2S2/c1-15-7-13-19(14-8-15)25-21(24)23-20(22)18-11-9-17(10-12-18)16-5-3-2-4-6-16/h7-14,16H,2-6H2,1H3,(H2,22,23,24). The molecule has 2 aromatic rings. The molecule has 1 fully saturated rings. The molecule has 2 nitrogen and oxygen atoms in total. The van der Waals surface area contributed by atoms with Gasteiger partial charge < -0.3 is 5.73 Å². The van der Waals surface area contributed by atoms with Crippen LogP contribution >= 0.6 is 24.0 Å². The van der Waals surface area contributed by atoms with E-state index in [1.165, 1.54) is 55.0 Å². The lowest BCUT2D eigenvalue weighted by atomic mass is 9.84. The van der Waals surface area contributed by atoms with Crippen LogP contribution in [0.3, 0.4) is 0 Å². The molecular weight excluding hydrogens is 344 g/mol. The second-order valence-electron chi connectivity index (χ2n) is 6.64. The first-order chi connectivity index (χ1) is 12.1. The first-order valence-electron chi connectivity index (χ1n) is 8.85. The molecule has 0 amide bonds. The molecule has 2 aromatic carbocycles. The number of thioether (sulfide) groups is 1. The third kappa shape index (κ3) is 5.16. The summed E-state index contributed by atoms with van der Waals surface area (Å²) in [6, 6.07) is 16.8. The maximum atomic E-state index is 6.15. The Bertz CT molecular complexity index is 742. The molecule has 4 heteroatoms. The fourth-order valence-electron chi connectivity index (χ4n) is 3.25. The minimum Gasteiger partial charge on any atom is -0.383 e. The van der Waals surface area contributed by atoms with Gasteiger partial charge in [0.15, 0.2) is 4.32 Å². The number of thiocarbonyl (C=S) groups is 1. The predicted molar refractivity (Wildman–Crippen MR) is 113 cm³/mol. The van der Waals surface area contributed by atoms with Crippen molar-refractivity contribution in [2.45, 2.75) is 49.8 Å². The normalized spacial score (nSPS) is 16.0. The van der Waals surface area contributed by atoms with Gasteiger partial charge in [0.1, 0.15) is 5.84 Å². The van der Waals surface area contributed by atoms with Crippen LogP contribution in [0.4, 0.5) is 0 Å². The molecule has 0 radical (unpaired) electrons. The monoisotopic (exact) mass is 368 g/mol. The maximum Gasteiger partial charge on any atom is 0.166 e. The fraction of sp³-hybridized carbons (Fsp3) is 0.333. The van der Waals surface area contributed by atoms with Gasteiger partial charge in [0, 0.05) is 10.5 Å². The summed E-state index contributed by atoms with van der Waals surface area (Å²) >= 11 is 6.83. The third-order valence-corrected chi connectivity index (χ3v) is 5.84. The van der Waals surface area contributed by atoms with Gasteiger partial charge in [-0.05, 0) is 43.4 Å². The molecular formula is C21H24N2S2. The number of amidine groups is 1. The van der Waals surface area contributed by atoms with Crippen LogP contribution in [0, 0.1) is 6.92 Å². The lowest BCUT2D eigenvalue weighted by molar-refractivity contribution is 0.443. The summed E-state index contributed by atoms with van der Waals surface area (Å²) < 4.78 is 0.540. The number of aryl methyl sites for hydroxylation is 1. The molecule has 2 N–H and O–H groups in total. The number of hydrogen-bond donors (Lipinski definition) is 1. The lowest BCUT2D eigenvalue weighted by Gasteiger charge is -2.22. The van der Waals surface area contributed by atoms with Crippen molar-refractivity contribution in [1.29, 1.82) is 0 Å². The van der Waals surface area contributed by atoms with Crippen LogP contribution in [0.2, 0.25) is 0 Å². The van der Waals surface area contributed by atoms with Crippen molar-refractivity contribution in [3.05, 3.63) is 65.2 Å². The Hall–Kier alpha value is -1.65. The minimum absolute atomic E-state index is 0.486. The first kappa shape index (κ1) is 18.2. The van der Waals surface area contributed by atoms with Gasteiger partial charge in [0.25, 0.3) is 0 Å².